The lowest BCUT2D eigenvalue weighted by molar-refractivity contribution is 0.00578. The van der Waals surface area contributed by atoms with Gasteiger partial charge in [-0.2, -0.15) is 0 Å². The van der Waals surface area contributed by atoms with Crippen LogP contribution in [-0.4, -0.2) is 47.0 Å². The van der Waals surface area contributed by atoms with Crippen molar-refractivity contribution in [1.29, 1.82) is 0 Å². The molecular formula is C80H63BBr2N6O2. The van der Waals surface area contributed by atoms with E-state index in [1.807, 2.05) is 24.3 Å². The number of imidazole rings is 3. The fourth-order valence-electron chi connectivity index (χ4n) is 12.7. The molecule has 0 N–H and O–H groups in total. The van der Waals surface area contributed by atoms with E-state index in [-0.39, 0.29) is 18.3 Å². The highest BCUT2D eigenvalue weighted by atomic mass is 79.9. The molecule has 8 nitrogen and oxygen atoms in total. The zero-order valence-corrected chi connectivity index (χ0v) is 54.8. The third-order valence-electron chi connectivity index (χ3n) is 18.5. The van der Waals surface area contributed by atoms with E-state index < -0.39 is 0 Å². The highest BCUT2D eigenvalue weighted by Gasteiger charge is 2.51. The maximum absolute atomic E-state index is 6.21. The molecule has 442 valence electrons. The van der Waals surface area contributed by atoms with Gasteiger partial charge in [-0.05, 0) is 212 Å². The Labute approximate surface area is 545 Å². The predicted octanol–water partition coefficient (Wildman–Crippen LogP) is 20.6. The number of hydrogen-bond acceptors (Lipinski definition) is 5. The number of aromatic nitrogens is 6. The van der Waals surface area contributed by atoms with Crippen LogP contribution < -0.4 is 5.46 Å². The summed E-state index contributed by atoms with van der Waals surface area (Å²) in [6, 6.07) is 90.6. The first-order valence-corrected chi connectivity index (χ1v) is 32.3. The lowest BCUT2D eigenvalue weighted by Crippen LogP contribution is -2.41. The van der Waals surface area contributed by atoms with Crippen LogP contribution in [0.2, 0.25) is 0 Å². The maximum atomic E-state index is 6.21. The number of nitrogens with zero attached hydrogens (tertiary/aromatic N) is 6. The monoisotopic (exact) mass is 1310 g/mol. The van der Waals surface area contributed by atoms with Gasteiger partial charge < -0.3 is 23.0 Å². The number of aryl methyl sites for hydroxylation is 3. The number of para-hydroxylation sites is 6. The molecule has 0 radical (unpaired) electrons. The summed E-state index contributed by atoms with van der Waals surface area (Å²) in [6.07, 6.45) is 0. The normalized spacial score (nSPS) is 13.6. The number of hydrogen-bond donors (Lipinski definition) is 0. The molecule has 0 bridgehead atoms. The molecule has 1 aliphatic rings. The molecule has 13 aromatic carbocycles. The second-order valence-electron chi connectivity index (χ2n) is 24.8. The molecule has 0 saturated carbocycles. The van der Waals surface area contributed by atoms with Crippen molar-refractivity contribution in [3.63, 3.8) is 0 Å². The minimum atomic E-state index is -0.344. The zero-order valence-electron chi connectivity index (χ0n) is 51.6. The predicted molar refractivity (Wildman–Crippen MR) is 388 cm³/mol. The second-order valence-corrected chi connectivity index (χ2v) is 26.7. The van der Waals surface area contributed by atoms with Crippen LogP contribution in [0.3, 0.4) is 0 Å². The van der Waals surface area contributed by atoms with E-state index in [9.17, 15) is 0 Å². The molecule has 0 aliphatic carbocycles. The highest BCUT2D eigenvalue weighted by molar-refractivity contribution is 9.10. The molecular weight excluding hydrogens is 1250 g/mol. The topological polar surface area (TPSA) is 71.9 Å². The van der Waals surface area contributed by atoms with Gasteiger partial charge in [-0.3, -0.25) is 0 Å². The van der Waals surface area contributed by atoms with E-state index in [0.717, 1.165) is 81.7 Å². The Bertz CT molecular complexity index is 5300. The molecule has 0 amide bonds. The van der Waals surface area contributed by atoms with Crippen LogP contribution in [0, 0.1) is 0 Å². The first-order chi connectivity index (χ1) is 44.1. The van der Waals surface area contributed by atoms with Gasteiger partial charge in [-0.15, -0.1) is 0 Å². The van der Waals surface area contributed by atoms with Crippen LogP contribution in [0.5, 0.6) is 0 Å². The molecule has 91 heavy (non-hydrogen) atoms. The van der Waals surface area contributed by atoms with E-state index in [2.05, 4.69) is 325 Å². The first kappa shape index (κ1) is 57.9. The van der Waals surface area contributed by atoms with Gasteiger partial charge in [0.15, 0.2) is 0 Å². The summed E-state index contributed by atoms with van der Waals surface area (Å²) < 4.78 is 21.1. The smallest absolute Gasteiger partial charge is 0.399 e. The minimum absolute atomic E-state index is 0.337. The Morgan fingerprint density at radius 3 is 0.934 bits per heavy atom. The summed E-state index contributed by atoms with van der Waals surface area (Å²) in [7, 11) is 5.90. The lowest BCUT2D eigenvalue weighted by Gasteiger charge is -2.32. The summed E-state index contributed by atoms with van der Waals surface area (Å²) >= 11 is 6.88. The molecule has 1 aliphatic heterocycles. The van der Waals surface area contributed by atoms with E-state index in [4.69, 9.17) is 24.3 Å². The van der Waals surface area contributed by atoms with Gasteiger partial charge in [-0.1, -0.05) is 184 Å². The number of rotatable bonds is 6. The van der Waals surface area contributed by atoms with Crippen molar-refractivity contribution < 1.29 is 9.31 Å². The van der Waals surface area contributed by atoms with Crippen molar-refractivity contribution >= 4 is 131 Å². The van der Waals surface area contributed by atoms with Crippen LogP contribution >= 0.6 is 31.9 Å². The van der Waals surface area contributed by atoms with Crippen LogP contribution in [0.25, 0.3) is 143 Å². The molecule has 1 saturated heterocycles. The van der Waals surface area contributed by atoms with Crippen molar-refractivity contribution in [2.45, 2.75) is 38.9 Å². The zero-order chi connectivity index (χ0) is 62.3. The third kappa shape index (κ3) is 11.0. The summed E-state index contributed by atoms with van der Waals surface area (Å²) in [5.41, 5.74) is 15.0. The SMILES string of the molecule is Brc1ccc2ccc(Br)cc2c1.Cn1c(-c2ccc3cc(-c4ccc5ccc(-c6ccc7cc(-c8nc9ccccc9n8C)ccc7c6)cc5c4)ccc3c2)nc2ccccc21.Cn1c(-c2ccc3cc(B4OC(C)(C)C(C)(C)O4)ccc3c2)nc2ccccc21. The summed E-state index contributed by atoms with van der Waals surface area (Å²) in [5, 5.41) is 12.2. The van der Waals surface area contributed by atoms with Gasteiger partial charge in [0.05, 0.1) is 44.3 Å². The Kier molecular flexibility index (Phi) is 14.7. The van der Waals surface area contributed by atoms with Crippen LogP contribution in [-0.2, 0) is 30.5 Å². The van der Waals surface area contributed by atoms with Crippen molar-refractivity contribution in [3.8, 4) is 56.4 Å². The molecule has 11 heteroatoms. The van der Waals surface area contributed by atoms with Gasteiger partial charge in [0.2, 0.25) is 0 Å². The highest BCUT2D eigenvalue weighted by Crippen LogP contribution is 2.39. The number of halogens is 2. The largest absolute Gasteiger partial charge is 0.494 e. The van der Waals surface area contributed by atoms with Gasteiger partial charge >= 0.3 is 7.12 Å². The van der Waals surface area contributed by atoms with Crippen LogP contribution in [0.4, 0.5) is 0 Å². The molecule has 3 aromatic heterocycles. The van der Waals surface area contributed by atoms with Gasteiger partial charge in [0.1, 0.15) is 17.5 Å². The molecule has 0 atom stereocenters. The summed E-state index contributed by atoms with van der Waals surface area (Å²) in [5.74, 6) is 2.94. The molecule has 0 spiro atoms. The quantitative estimate of drug-likeness (QED) is 0.155. The van der Waals surface area contributed by atoms with E-state index >= 15 is 0 Å². The Morgan fingerprint density at radius 1 is 0.297 bits per heavy atom. The van der Waals surface area contributed by atoms with Gasteiger partial charge in [0.25, 0.3) is 0 Å². The van der Waals surface area contributed by atoms with Crippen molar-refractivity contribution in [3.05, 3.63) is 264 Å². The molecule has 4 heterocycles. The number of benzene rings is 13. The molecule has 17 rings (SSSR count). The minimum Gasteiger partial charge on any atom is -0.399 e. The second kappa shape index (κ2) is 23.1. The molecule has 1 fully saturated rings. The van der Waals surface area contributed by atoms with Gasteiger partial charge in [-0.25, -0.2) is 15.0 Å². The molecule has 0 unspecified atom stereocenters. The van der Waals surface area contributed by atoms with Crippen molar-refractivity contribution in [2.75, 3.05) is 0 Å². The van der Waals surface area contributed by atoms with Crippen LogP contribution in [0.15, 0.2) is 264 Å². The maximum Gasteiger partial charge on any atom is 0.494 e. The Hall–Kier alpha value is -9.49. The Morgan fingerprint density at radius 2 is 0.571 bits per heavy atom. The standard InChI is InChI=1S/C46H32N4.C24H25BN2O2.C10H6Br2/c1-49-43-9-5-3-7-41(43)47-45(49)38-21-19-32-23-30(15-17-34(32)25-38)36-13-11-29-12-14-37(28-40(29)27-36)31-16-18-35-26-39(22-20-33(35)24-31)46-48-42-8-4-6-10-44(42)50(46)2;1-23(2)24(3,4)29-25(28-23)19-13-12-16-14-18(11-10-17(16)15-19)22-26-20-8-6-7-9-21(20)27(22)5;11-9-3-1-7-2-4-10(12)6-8(7)5-9/h3-28H,1-2H3;6-15H,1-5H3;1-6H. The fourth-order valence-corrected chi connectivity index (χ4v) is 13.4. The summed E-state index contributed by atoms with van der Waals surface area (Å²) in [6.45, 7) is 8.32. The van der Waals surface area contributed by atoms with Gasteiger partial charge in [0, 0.05) is 46.8 Å². The third-order valence-corrected chi connectivity index (χ3v) is 19.5. The average molecular weight is 1310 g/mol. The van der Waals surface area contributed by atoms with E-state index in [0.29, 0.717) is 0 Å². The van der Waals surface area contributed by atoms with E-state index in [1.54, 1.807) is 0 Å². The number of fused-ring (bicyclic) bond motifs is 8. The van der Waals surface area contributed by atoms with Crippen molar-refractivity contribution in [1.82, 2.24) is 28.7 Å². The van der Waals surface area contributed by atoms with Crippen molar-refractivity contribution in [2.24, 2.45) is 21.1 Å². The average Bonchev–Trinajstić information content (AvgIpc) is 1.92. The van der Waals surface area contributed by atoms with E-state index in [1.165, 1.54) is 76.1 Å². The van der Waals surface area contributed by atoms with Crippen LogP contribution in [0.1, 0.15) is 27.7 Å². The summed E-state index contributed by atoms with van der Waals surface area (Å²) in [4.78, 5) is 14.6. The first-order valence-electron chi connectivity index (χ1n) is 30.7. The fraction of sp³-hybridized carbons (Fsp3) is 0.113. The lowest BCUT2D eigenvalue weighted by atomic mass is 9.78. The molecule has 16 aromatic rings. The Balaban J connectivity index is 0.000000140.